The number of hydrogen-bond acceptors (Lipinski definition) is 3. The van der Waals surface area contributed by atoms with Gasteiger partial charge >= 0.3 is 0 Å². The van der Waals surface area contributed by atoms with Crippen molar-refractivity contribution < 1.29 is 9.53 Å². The average molecular weight is 140 g/mol. The van der Waals surface area contributed by atoms with Crippen molar-refractivity contribution in [2.24, 2.45) is 10.7 Å². The van der Waals surface area contributed by atoms with Gasteiger partial charge in [0, 0.05) is 6.42 Å². The highest BCUT2D eigenvalue weighted by molar-refractivity contribution is 5.97. The van der Waals surface area contributed by atoms with Crippen molar-refractivity contribution in [2.45, 2.75) is 12.5 Å². The molecule has 0 aliphatic carbocycles. The predicted molar refractivity (Wildman–Crippen MR) is 36.3 cm³/mol. The summed E-state index contributed by atoms with van der Waals surface area (Å²) in [6.07, 6.45) is 1.53. The number of carbonyl (C=O) groups excluding carboxylic acids is 1. The molecule has 2 N–H and O–H groups in total. The molecule has 0 bridgehead atoms. The minimum Gasteiger partial charge on any atom is -0.451 e. The van der Waals surface area contributed by atoms with E-state index >= 15 is 0 Å². The van der Waals surface area contributed by atoms with Gasteiger partial charge < -0.3 is 10.5 Å². The fourth-order valence-corrected chi connectivity index (χ4v) is 0.703. The van der Waals surface area contributed by atoms with Gasteiger partial charge in [0.25, 0.3) is 11.9 Å². The van der Waals surface area contributed by atoms with Gasteiger partial charge in [-0.3, -0.25) is 4.79 Å². The van der Waals surface area contributed by atoms with Crippen molar-refractivity contribution in [3.05, 3.63) is 12.7 Å². The molecular weight excluding hydrogens is 132 g/mol. The van der Waals surface area contributed by atoms with Crippen LogP contribution in [0.2, 0.25) is 0 Å². The Balaban J connectivity index is 2.55. The van der Waals surface area contributed by atoms with Crippen molar-refractivity contribution >= 4 is 11.9 Å². The topological polar surface area (TPSA) is 64.7 Å². The second kappa shape index (κ2) is 2.51. The first-order valence-electron chi connectivity index (χ1n) is 2.89. The van der Waals surface area contributed by atoms with E-state index in [1.165, 1.54) is 0 Å². The van der Waals surface area contributed by atoms with Gasteiger partial charge in [0.1, 0.15) is 0 Å². The lowest BCUT2D eigenvalue weighted by atomic mass is 10.2. The fourth-order valence-electron chi connectivity index (χ4n) is 0.703. The molecule has 10 heavy (non-hydrogen) atoms. The zero-order valence-electron chi connectivity index (χ0n) is 5.41. The Morgan fingerprint density at radius 2 is 2.60 bits per heavy atom. The number of amidine groups is 1. The molecule has 1 amide bonds. The van der Waals surface area contributed by atoms with E-state index in [2.05, 4.69) is 11.6 Å². The third-order valence-electron chi connectivity index (χ3n) is 1.14. The molecule has 0 unspecified atom stereocenters. The summed E-state index contributed by atoms with van der Waals surface area (Å²) in [5.41, 5.74) is 5.12. The van der Waals surface area contributed by atoms with Crippen LogP contribution >= 0.6 is 0 Å². The molecule has 4 nitrogen and oxygen atoms in total. The number of carbonyl (C=O) groups is 1. The molecule has 0 aromatic rings. The quantitative estimate of drug-likeness (QED) is 0.540. The minimum absolute atomic E-state index is 0.0446. The minimum atomic E-state index is -0.530. The van der Waals surface area contributed by atoms with Crippen molar-refractivity contribution in [3.63, 3.8) is 0 Å². The van der Waals surface area contributed by atoms with Gasteiger partial charge in [-0.1, -0.05) is 6.08 Å². The molecule has 1 heterocycles. The maximum Gasteiger partial charge on any atom is 0.291 e. The Morgan fingerprint density at radius 3 is 3.00 bits per heavy atom. The highest BCUT2D eigenvalue weighted by atomic mass is 16.5. The van der Waals surface area contributed by atoms with Crippen LogP contribution < -0.4 is 5.73 Å². The number of rotatable bonds is 2. The van der Waals surface area contributed by atoms with E-state index in [9.17, 15) is 4.79 Å². The summed E-state index contributed by atoms with van der Waals surface area (Å²) in [6, 6.07) is -0.0446. The van der Waals surface area contributed by atoms with E-state index in [-0.39, 0.29) is 11.9 Å². The number of nitrogens with zero attached hydrogens (tertiary/aromatic N) is 1. The van der Waals surface area contributed by atoms with E-state index in [1.807, 2.05) is 0 Å². The van der Waals surface area contributed by atoms with E-state index in [4.69, 9.17) is 10.5 Å². The van der Waals surface area contributed by atoms with Crippen LogP contribution in [0.3, 0.4) is 0 Å². The van der Waals surface area contributed by atoms with E-state index in [0.29, 0.717) is 6.42 Å². The predicted octanol–water partition coefficient (Wildman–Crippen LogP) is -0.197. The largest absolute Gasteiger partial charge is 0.451 e. The van der Waals surface area contributed by atoms with Crippen LogP contribution in [0.4, 0.5) is 0 Å². The number of nitrogens with two attached hydrogens (primary N) is 1. The monoisotopic (exact) mass is 140 g/mol. The van der Waals surface area contributed by atoms with Gasteiger partial charge in [-0.2, -0.15) is 4.99 Å². The molecule has 0 fully saturated rings. The third-order valence-corrected chi connectivity index (χ3v) is 1.14. The first-order valence-corrected chi connectivity index (χ1v) is 2.89. The molecule has 1 aliphatic rings. The smallest absolute Gasteiger partial charge is 0.291 e. The van der Waals surface area contributed by atoms with Gasteiger partial charge in [0.05, 0.1) is 0 Å². The fraction of sp³-hybridized carbons (Fsp3) is 0.333. The Morgan fingerprint density at radius 1 is 1.90 bits per heavy atom. The van der Waals surface area contributed by atoms with Gasteiger partial charge in [0.2, 0.25) is 0 Å². The SMILES string of the molecule is C=CC[C@@H]1OC(N)=NC1=O. The van der Waals surface area contributed by atoms with Crippen molar-refractivity contribution in [1.82, 2.24) is 0 Å². The molecule has 0 radical (unpaired) electrons. The number of hydrogen-bond donors (Lipinski definition) is 1. The van der Waals surface area contributed by atoms with Crippen LogP contribution in [-0.2, 0) is 9.53 Å². The lowest BCUT2D eigenvalue weighted by Crippen LogP contribution is -2.19. The van der Waals surface area contributed by atoms with E-state index in [1.54, 1.807) is 6.08 Å². The summed E-state index contributed by atoms with van der Waals surface area (Å²) in [6.45, 7) is 3.46. The molecule has 0 saturated heterocycles. The summed E-state index contributed by atoms with van der Waals surface area (Å²) in [4.78, 5) is 14.1. The van der Waals surface area contributed by atoms with Crippen molar-refractivity contribution in [2.75, 3.05) is 0 Å². The second-order valence-electron chi connectivity index (χ2n) is 1.92. The normalized spacial score (nSPS) is 23.8. The number of ether oxygens (including phenoxy) is 1. The van der Waals surface area contributed by atoms with Gasteiger partial charge in [-0.15, -0.1) is 6.58 Å². The Kier molecular flexibility index (Phi) is 1.71. The molecule has 1 aliphatic heterocycles. The molecule has 54 valence electrons. The standard InChI is InChI=1S/C6H8N2O2/c1-2-3-4-5(9)8-6(7)10-4/h2,4H,1,3H2,(H2,7,8,9)/t4-/m0/s1. The van der Waals surface area contributed by atoms with Gasteiger partial charge in [-0.05, 0) is 0 Å². The van der Waals surface area contributed by atoms with Crippen molar-refractivity contribution in [3.8, 4) is 0 Å². The van der Waals surface area contributed by atoms with Crippen LogP contribution in [0.5, 0.6) is 0 Å². The van der Waals surface area contributed by atoms with E-state index < -0.39 is 6.10 Å². The average Bonchev–Trinajstić information content (AvgIpc) is 2.13. The van der Waals surface area contributed by atoms with Crippen molar-refractivity contribution in [1.29, 1.82) is 0 Å². The molecule has 1 rings (SSSR count). The van der Waals surface area contributed by atoms with E-state index in [0.717, 1.165) is 0 Å². The molecular formula is C6H8N2O2. The number of aliphatic imine (C=N–C) groups is 1. The van der Waals surface area contributed by atoms with Crippen LogP contribution in [0.1, 0.15) is 6.42 Å². The summed E-state index contributed by atoms with van der Waals surface area (Å²) in [5, 5.41) is 0. The maximum absolute atomic E-state index is 10.7. The Bertz CT molecular complexity index is 198. The highest BCUT2D eigenvalue weighted by Gasteiger charge is 2.25. The molecule has 0 aromatic heterocycles. The molecule has 0 saturated carbocycles. The van der Waals surface area contributed by atoms with Crippen LogP contribution in [0.15, 0.2) is 17.6 Å². The summed E-state index contributed by atoms with van der Waals surface area (Å²) in [7, 11) is 0. The summed E-state index contributed by atoms with van der Waals surface area (Å²) >= 11 is 0. The lowest BCUT2D eigenvalue weighted by Gasteiger charge is -2.02. The highest BCUT2D eigenvalue weighted by Crippen LogP contribution is 2.07. The molecule has 4 heteroatoms. The Hall–Kier alpha value is -1.32. The second-order valence-corrected chi connectivity index (χ2v) is 1.92. The number of amides is 1. The zero-order valence-corrected chi connectivity index (χ0v) is 5.41. The van der Waals surface area contributed by atoms with Gasteiger partial charge in [0.15, 0.2) is 6.10 Å². The first-order chi connectivity index (χ1) is 4.74. The van der Waals surface area contributed by atoms with Crippen LogP contribution in [0.25, 0.3) is 0 Å². The molecule has 0 spiro atoms. The van der Waals surface area contributed by atoms with Crippen LogP contribution in [-0.4, -0.2) is 18.0 Å². The molecule has 1 atom stereocenters. The summed E-state index contributed by atoms with van der Waals surface area (Å²) < 4.78 is 4.82. The molecule has 0 aromatic carbocycles. The summed E-state index contributed by atoms with van der Waals surface area (Å²) in [5.74, 6) is -0.322. The third kappa shape index (κ3) is 1.15. The van der Waals surface area contributed by atoms with Crippen LogP contribution in [0, 0.1) is 0 Å². The Labute approximate surface area is 58.4 Å². The first kappa shape index (κ1) is 6.80. The zero-order chi connectivity index (χ0) is 7.56. The maximum atomic E-state index is 10.7. The lowest BCUT2D eigenvalue weighted by molar-refractivity contribution is -0.122. The van der Waals surface area contributed by atoms with Gasteiger partial charge in [-0.25, -0.2) is 0 Å².